The van der Waals surface area contributed by atoms with Gasteiger partial charge in [0.25, 0.3) is 11.5 Å². The van der Waals surface area contributed by atoms with Crippen LogP contribution in [0.25, 0.3) is 22.4 Å². The van der Waals surface area contributed by atoms with Gasteiger partial charge in [-0.1, -0.05) is 0 Å². The molecule has 2 aliphatic heterocycles. The van der Waals surface area contributed by atoms with Gasteiger partial charge in [-0.05, 0) is 90.9 Å². The molecule has 12 heteroatoms. The van der Waals surface area contributed by atoms with Crippen molar-refractivity contribution in [2.24, 2.45) is 0 Å². The maximum absolute atomic E-state index is 13.3. The van der Waals surface area contributed by atoms with E-state index in [-0.39, 0.29) is 36.2 Å². The maximum Gasteiger partial charge on any atom is 0.261 e. The van der Waals surface area contributed by atoms with Crippen LogP contribution in [-0.4, -0.2) is 81.2 Å². The number of imidazole rings is 1. The number of hydrogen-bond acceptors (Lipinski definition) is 7. The molecule has 0 aliphatic carbocycles. The number of nitrogens with zero attached hydrogens (tertiary/aromatic N) is 3. The van der Waals surface area contributed by atoms with Gasteiger partial charge in [-0.3, -0.25) is 9.59 Å². The molecule has 10 nitrogen and oxygen atoms in total. The molecule has 4 N–H and O–H groups in total. The van der Waals surface area contributed by atoms with E-state index in [1.54, 1.807) is 12.1 Å². The lowest BCUT2D eigenvalue weighted by molar-refractivity contribution is 0.0617. The van der Waals surface area contributed by atoms with Crippen LogP contribution in [0.5, 0.6) is 5.75 Å². The Hall–Kier alpha value is -3.74. The lowest BCUT2D eigenvalue weighted by Gasteiger charge is -2.34. The molecule has 214 valence electrons. The molecular formula is C29H30BrFN6O4. The number of aliphatic hydroxyl groups excluding tert-OH is 1. The van der Waals surface area contributed by atoms with Crippen LogP contribution in [0.4, 0.5) is 10.1 Å². The number of likely N-dealkylation sites (tertiary alicyclic amines) is 1. The largest absolute Gasteiger partial charge is 0.490 e. The van der Waals surface area contributed by atoms with Crippen molar-refractivity contribution in [3.8, 4) is 17.1 Å². The number of piperidine rings is 1. The van der Waals surface area contributed by atoms with Crippen LogP contribution >= 0.6 is 15.9 Å². The molecule has 1 amide bonds. The van der Waals surface area contributed by atoms with Gasteiger partial charge < -0.3 is 34.9 Å². The number of anilines is 1. The first-order valence-corrected chi connectivity index (χ1v) is 14.3. The van der Waals surface area contributed by atoms with Gasteiger partial charge in [0.15, 0.2) is 0 Å². The minimum Gasteiger partial charge on any atom is -0.490 e. The second kappa shape index (κ2) is 11.3. The molecule has 4 heterocycles. The van der Waals surface area contributed by atoms with Crippen molar-refractivity contribution in [1.82, 2.24) is 24.8 Å². The van der Waals surface area contributed by atoms with Crippen molar-refractivity contribution >= 4 is 38.6 Å². The lowest BCUT2D eigenvalue weighted by Crippen LogP contribution is -2.43. The maximum atomic E-state index is 13.3. The summed E-state index contributed by atoms with van der Waals surface area (Å²) in [6, 6.07) is 9.72. The Kier molecular flexibility index (Phi) is 7.54. The number of hydrogen-bond donors (Lipinski definition) is 4. The highest BCUT2D eigenvalue weighted by atomic mass is 79.9. The van der Waals surface area contributed by atoms with Crippen LogP contribution in [0.2, 0.25) is 0 Å². The summed E-state index contributed by atoms with van der Waals surface area (Å²) in [5.41, 5.74) is 3.37. The van der Waals surface area contributed by atoms with E-state index >= 15 is 0 Å². The Balaban J connectivity index is 1.18. The summed E-state index contributed by atoms with van der Waals surface area (Å²) in [6.07, 6.45) is 2.53. The van der Waals surface area contributed by atoms with E-state index in [2.05, 4.69) is 48.1 Å². The number of benzene rings is 2. The van der Waals surface area contributed by atoms with Crippen molar-refractivity contribution < 1.29 is 19.0 Å². The molecule has 0 radical (unpaired) electrons. The summed E-state index contributed by atoms with van der Waals surface area (Å²) in [6.45, 7) is 2.57. The first-order valence-electron chi connectivity index (χ1n) is 13.5. The van der Waals surface area contributed by atoms with Crippen LogP contribution in [0.1, 0.15) is 28.8 Å². The van der Waals surface area contributed by atoms with E-state index in [9.17, 15) is 19.1 Å². The fourth-order valence-corrected chi connectivity index (χ4v) is 5.95. The topological polar surface area (TPSA) is 127 Å². The van der Waals surface area contributed by atoms with Crippen LogP contribution < -0.4 is 15.6 Å². The number of carbonyl (C=O) groups excluding carboxylic acids is 1. The van der Waals surface area contributed by atoms with E-state index in [0.717, 1.165) is 37.0 Å². The third-order valence-electron chi connectivity index (χ3n) is 7.72. The molecule has 1 saturated heterocycles. The number of fused-ring (bicyclic) bond motifs is 2. The van der Waals surface area contributed by atoms with Crippen LogP contribution in [0.3, 0.4) is 0 Å². The minimum absolute atomic E-state index is 0.0322. The second-order valence-corrected chi connectivity index (χ2v) is 11.4. The van der Waals surface area contributed by atoms with Crippen molar-refractivity contribution in [3.05, 3.63) is 74.4 Å². The molecule has 1 fully saturated rings. The fourth-order valence-electron chi connectivity index (χ4n) is 5.49. The van der Waals surface area contributed by atoms with Gasteiger partial charge >= 0.3 is 0 Å². The number of nitrogens with one attached hydrogen (secondary N) is 3. The number of rotatable bonds is 8. The number of aromatic nitrogens is 3. The molecule has 2 aliphatic rings. The third-order valence-corrected chi connectivity index (χ3v) is 8.34. The zero-order valence-electron chi connectivity index (χ0n) is 22.4. The third kappa shape index (κ3) is 5.59. The molecule has 0 saturated carbocycles. The van der Waals surface area contributed by atoms with Crippen LogP contribution in [0, 0.1) is 5.82 Å². The molecule has 41 heavy (non-hydrogen) atoms. The highest BCUT2D eigenvalue weighted by molar-refractivity contribution is 9.10. The smallest absolute Gasteiger partial charge is 0.261 e. The van der Waals surface area contributed by atoms with Crippen LogP contribution in [0.15, 0.2) is 51.9 Å². The summed E-state index contributed by atoms with van der Waals surface area (Å²) < 4.78 is 19.4. The average molecular weight is 625 g/mol. The number of aliphatic hydroxyl groups is 1. The van der Waals surface area contributed by atoms with Crippen molar-refractivity contribution in [2.75, 3.05) is 38.6 Å². The van der Waals surface area contributed by atoms with Crippen LogP contribution in [-0.2, 0) is 6.54 Å². The molecular weight excluding hydrogens is 595 g/mol. The molecule has 0 spiro atoms. The number of H-pyrrole nitrogens is 2. The highest BCUT2D eigenvalue weighted by Gasteiger charge is 2.34. The van der Waals surface area contributed by atoms with Crippen molar-refractivity contribution in [3.63, 3.8) is 0 Å². The minimum atomic E-state index is -0.920. The zero-order chi connectivity index (χ0) is 28.7. The molecule has 6 rings (SSSR count). The monoisotopic (exact) mass is 624 g/mol. The fraction of sp³-hybridized carbons (Fsp3) is 0.345. The van der Waals surface area contributed by atoms with Gasteiger partial charge in [0.2, 0.25) is 0 Å². The summed E-state index contributed by atoms with van der Waals surface area (Å²) in [4.78, 5) is 41.0. The standard InChI is InChI=1S/C29H30BrFN6O4/c1-36-8-5-18(6-9-36)37-14-16-10-23-24(12-20(16)29(37)40)35-27(34-23)26-22(4-7-32-28(26)39)33-13-19(38)15-41-25-3-2-17(31)11-21(25)30/h2-4,7,10-12,18-19,38H,5-6,8-9,13-15H2,1H3,(H,34,35)(H2,32,33,39)/t19-/m1/s1. The van der Waals surface area contributed by atoms with Crippen molar-refractivity contribution in [1.29, 1.82) is 0 Å². The van der Waals surface area contributed by atoms with E-state index < -0.39 is 11.9 Å². The van der Waals surface area contributed by atoms with Gasteiger partial charge in [0, 0.05) is 30.9 Å². The van der Waals surface area contributed by atoms with Gasteiger partial charge in [-0.2, -0.15) is 0 Å². The van der Waals surface area contributed by atoms with Gasteiger partial charge in [-0.25, -0.2) is 9.37 Å². The second-order valence-electron chi connectivity index (χ2n) is 10.6. The zero-order valence-corrected chi connectivity index (χ0v) is 24.0. The average Bonchev–Trinajstić information content (AvgIpc) is 3.50. The Bertz CT molecular complexity index is 1670. The predicted molar refractivity (Wildman–Crippen MR) is 157 cm³/mol. The summed E-state index contributed by atoms with van der Waals surface area (Å²) in [5.74, 6) is 0.396. The number of ether oxygens (including phenoxy) is 1. The normalized spacial score (nSPS) is 16.8. The number of halogens is 2. The molecule has 2 aromatic heterocycles. The van der Waals surface area contributed by atoms with E-state index in [0.29, 0.717) is 39.4 Å². The molecule has 0 bridgehead atoms. The molecule has 1 atom stereocenters. The van der Waals surface area contributed by atoms with Gasteiger partial charge in [-0.15, -0.1) is 0 Å². The molecule has 0 unspecified atom stereocenters. The Morgan fingerprint density at radius 1 is 1.22 bits per heavy atom. The Labute approximate surface area is 243 Å². The van der Waals surface area contributed by atoms with Gasteiger partial charge in [0.05, 0.1) is 21.2 Å². The number of pyridine rings is 1. The number of aromatic amines is 2. The predicted octanol–water partition coefficient (Wildman–Crippen LogP) is 3.72. The highest BCUT2D eigenvalue weighted by Crippen LogP contribution is 2.32. The lowest BCUT2D eigenvalue weighted by atomic mass is 10.0. The molecule has 4 aromatic rings. The molecule has 2 aromatic carbocycles. The van der Waals surface area contributed by atoms with Crippen molar-refractivity contribution in [2.45, 2.75) is 31.5 Å². The van der Waals surface area contributed by atoms with Gasteiger partial charge in [0.1, 0.15) is 35.7 Å². The Morgan fingerprint density at radius 2 is 2.02 bits per heavy atom. The van der Waals surface area contributed by atoms with E-state index in [1.165, 1.54) is 24.4 Å². The van der Waals surface area contributed by atoms with E-state index in [4.69, 9.17) is 4.74 Å². The first-order chi connectivity index (χ1) is 19.8. The SMILES string of the molecule is CN1CCC(N2Cc3cc4[nH]c(-c5c(NC[C@@H](O)COc6ccc(F)cc6Br)cc[nH]c5=O)nc4cc3C2=O)CC1. The summed E-state index contributed by atoms with van der Waals surface area (Å²) >= 11 is 3.24. The summed E-state index contributed by atoms with van der Waals surface area (Å²) in [7, 11) is 2.10. The quantitative estimate of drug-likeness (QED) is 0.235. The first kappa shape index (κ1) is 27.4. The van der Waals surface area contributed by atoms with E-state index in [1.807, 2.05) is 11.0 Å². The number of carbonyl (C=O) groups is 1. The summed E-state index contributed by atoms with van der Waals surface area (Å²) in [5, 5.41) is 13.6. The number of amides is 1. The Morgan fingerprint density at radius 3 is 2.80 bits per heavy atom.